The maximum atomic E-state index is 11.6. The van der Waals surface area contributed by atoms with Gasteiger partial charge in [0, 0.05) is 12.5 Å². The van der Waals surface area contributed by atoms with Crippen LogP contribution in [-0.4, -0.2) is 12.5 Å². The van der Waals surface area contributed by atoms with Crippen molar-refractivity contribution in [3.05, 3.63) is 0 Å². The summed E-state index contributed by atoms with van der Waals surface area (Å²) < 4.78 is 0. The SMILES string of the molecule is CC(C)CC1(CNC(=O)C(C)C)CCCC1. The summed E-state index contributed by atoms with van der Waals surface area (Å²) in [6.45, 7) is 9.37. The summed E-state index contributed by atoms with van der Waals surface area (Å²) in [5, 5.41) is 3.13. The number of carbonyl (C=O) groups excluding carboxylic acids is 1. The van der Waals surface area contributed by atoms with Crippen LogP contribution in [0.5, 0.6) is 0 Å². The molecule has 0 saturated heterocycles. The first kappa shape index (κ1) is 13.5. The van der Waals surface area contributed by atoms with Gasteiger partial charge in [0.1, 0.15) is 0 Å². The number of hydrogen-bond donors (Lipinski definition) is 1. The molecule has 1 saturated carbocycles. The number of carbonyl (C=O) groups is 1. The highest BCUT2D eigenvalue weighted by molar-refractivity contribution is 5.77. The zero-order chi connectivity index (χ0) is 12.2. The van der Waals surface area contributed by atoms with Crippen molar-refractivity contribution in [2.75, 3.05) is 6.54 Å². The second-order valence-corrected chi connectivity index (χ2v) is 6.18. The minimum atomic E-state index is 0.109. The lowest BCUT2D eigenvalue weighted by Gasteiger charge is -2.31. The predicted octanol–water partition coefficient (Wildman–Crippen LogP) is 3.37. The van der Waals surface area contributed by atoms with Gasteiger partial charge in [-0.1, -0.05) is 40.5 Å². The zero-order valence-electron chi connectivity index (χ0n) is 11.3. The van der Waals surface area contributed by atoms with Crippen LogP contribution in [-0.2, 0) is 4.79 Å². The molecule has 1 fully saturated rings. The van der Waals surface area contributed by atoms with Crippen LogP contribution in [0.2, 0.25) is 0 Å². The Labute approximate surface area is 100 Å². The first-order valence-corrected chi connectivity index (χ1v) is 6.73. The van der Waals surface area contributed by atoms with E-state index < -0.39 is 0 Å². The van der Waals surface area contributed by atoms with Gasteiger partial charge in [-0.05, 0) is 30.6 Å². The van der Waals surface area contributed by atoms with Crippen molar-refractivity contribution >= 4 is 5.91 Å². The van der Waals surface area contributed by atoms with Crippen LogP contribution in [0.3, 0.4) is 0 Å². The summed E-state index contributed by atoms with van der Waals surface area (Å²) >= 11 is 0. The van der Waals surface area contributed by atoms with Gasteiger partial charge in [0.15, 0.2) is 0 Å². The van der Waals surface area contributed by atoms with Gasteiger partial charge < -0.3 is 5.32 Å². The Bertz CT molecular complexity index is 227. The number of amides is 1. The van der Waals surface area contributed by atoms with Gasteiger partial charge in [0.2, 0.25) is 5.91 Å². The van der Waals surface area contributed by atoms with Gasteiger partial charge in [0.25, 0.3) is 0 Å². The summed E-state index contributed by atoms with van der Waals surface area (Å²) in [6, 6.07) is 0. The molecule has 2 nitrogen and oxygen atoms in total. The highest BCUT2D eigenvalue weighted by Crippen LogP contribution is 2.42. The van der Waals surface area contributed by atoms with E-state index >= 15 is 0 Å². The normalized spacial score (nSPS) is 19.4. The zero-order valence-corrected chi connectivity index (χ0v) is 11.3. The van der Waals surface area contributed by atoms with Crippen LogP contribution < -0.4 is 5.32 Å². The van der Waals surface area contributed by atoms with Crippen LogP contribution in [0.25, 0.3) is 0 Å². The molecule has 0 bridgehead atoms. The van der Waals surface area contributed by atoms with E-state index in [1.807, 2.05) is 13.8 Å². The molecule has 1 aliphatic rings. The van der Waals surface area contributed by atoms with Crippen molar-refractivity contribution in [3.63, 3.8) is 0 Å². The van der Waals surface area contributed by atoms with Crippen LogP contribution in [0.1, 0.15) is 59.8 Å². The first-order valence-electron chi connectivity index (χ1n) is 6.73. The number of hydrogen-bond acceptors (Lipinski definition) is 1. The van der Waals surface area contributed by atoms with Crippen molar-refractivity contribution in [1.82, 2.24) is 5.32 Å². The minimum Gasteiger partial charge on any atom is -0.355 e. The van der Waals surface area contributed by atoms with E-state index in [0.29, 0.717) is 5.41 Å². The van der Waals surface area contributed by atoms with Gasteiger partial charge in [0.05, 0.1) is 0 Å². The largest absolute Gasteiger partial charge is 0.355 e. The van der Waals surface area contributed by atoms with E-state index in [4.69, 9.17) is 0 Å². The molecular formula is C14H27NO. The second kappa shape index (κ2) is 5.70. The third kappa shape index (κ3) is 3.80. The lowest BCUT2D eigenvalue weighted by molar-refractivity contribution is -0.124. The molecule has 0 aromatic rings. The van der Waals surface area contributed by atoms with Crippen LogP contribution >= 0.6 is 0 Å². The Kier molecular flexibility index (Phi) is 4.82. The second-order valence-electron chi connectivity index (χ2n) is 6.18. The highest BCUT2D eigenvalue weighted by atomic mass is 16.1. The van der Waals surface area contributed by atoms with E-state index in [9.17, 15) is 4.79 Å². The molecule has 94 valence electrons. The summed E-state index contributed by atoms with van der Waals surface area (Å²) in [4.78, 5) is 11.6. The molecule has 2 heteroatoms. The average molecular weight is 225 g/mol. The van der Waals surface area contributed by atoms with Crippen LogP contribution in [0.4, 0.5) is 0 Å². The Hall–Kier alpha value is -0.530. The van der Waals surface area contributed by atoms with E-state index in [0.717, 1.165) is 12.5 Å². The molecule has 0 aliphatic heterocycles. The standard InChI is InChI=1S/C14H27NO/c1-11(2)9-14(7-5-6-8-14)10-15-13(16)12(3)4/h11-12H,5-10H2,1-4H3,(H,15,16). The lowest BCUT2D eigenvalue weighted by Crippen LogP contribution is -2.38. The average Bonchev–Trinajstić information content (AvgIpc) is 2.62. The Balaban J connectivity index is 2.48. The van der Waals surface area contributed by atoms with Crippen molar-refractivity contribution in [2.24, 2.45) is 17.3 Å². The predicted molar refractivity (Wildman–Crippen MR) is 68.2 cm³/mol. The molecule has 0 radical (unpaired) electrons. The molecular weight excluding hydrogens is 198 g/mol. The third-order valence-corrected chi connectivity index (χ3v) is 3.67. The molecule has 16 heavy (non-hydrogen) atoms. The van der Waals surface area contributed by atoms with Gasteiger partial charge in [-0.25, -0.2) is 0 Å². The molecule has 0 heterocycles. The van der Waals surface area contributed by atoms with Gasteiger partial charge >= 0.3 is 0 Å². The van der Waals surface area contributed by atoms with Crippen LogP contribution in [0.15, 0.2) is 0 Å². The van der Waals surface area contributed by atoms with Crippen molar-refractivity contribution < 1.29 is 4.79 Å². The summed E-state index contributed by atoms with van der Waals surface area (Å²) in [5.74, 6) is 1.04. The van der Waals surface area contributed by atoms with Gasteiger partial charge in [-0.3, -0.25) is 4.79 Å². The molecule has 0 atom stereocenters. The van der Waals surface area contributed by atoms with E-state index in [2.05, 4.69) is 19.2 Å². The van der Waals surface area contributed by atoms with Gasteiger partial charge in [-0.15, -0.1) is 0 Å². The summed E-state index contributed by atoms with van der Waals surface area (Å²) in [6.07, 6.45) is 6.52. The van der Waals surface area contributed by atoms with Crippen molar-refractivity contribution in [2.45, 2.75) is 59.8 Å². The molecule has 0 unspecified atom stereocenters. The molecule has 1 rings (SSSR count). The smallest absolute Gasteiger partial charge is 0.222 e. The van der Waals surface area contributed by atoms with Crippen molar-refractivity contribution in [3.8, 4) is 0 Å². The Morgan fingerprint density at radius 1 is 1.19 bits per heavy atom. The Morgan fingerprint density at radius 3 is 2.19 bits per heavy atom. The van der Waals surface area contributed by atoms with Crippen LogP contribution in [0, 0.1) is 17.3 Å². The molecule has 1 aliphatic carbocycles. The third-order valence-electron chi connectivity index (χ3n) is 3.67. The van der Waals surface area contributed by atoms with E-state index in [-0.39, 0.29) is 11.8 Å². The molecule has 0 aromatic carbocycles. The number of rotatable bonds is 5. The highest BCUT2D eigenvalue weighted by Gasteiger charge is 2.34. The van der Waals surface area contributed by atoms with E-state index in [1.54, 1.807) is 0 Å². The summed E-state index contributed by atoms with van der Waals surface area (Å²) in [5.41, 5.74) is 0.402. The van der Waals surface area contributed by atoms with Gasteiger partial charge in [-0.2, -0.15) is 0 Å². The van der Waals surface area contributed by atoms with Crippen molar-refractivity contribution in [1.29, 1.82) is 0 Å². The fourth-order valence-corrected chi connectivity index (χ4v) is 2.92. The quantitative estimate of drug-likeness (QED) is 0.763. The Morgan fingerprint density at radius 2 is 1.75 bits per heavy atom. The first-order chi connectivity index (χ1) is 7.45. The fraction of sp³-hybridized carbons (Fsp3) is 0.929. The lowest BCUT2D eigenvalue weighted by atomic mass is 9.78. The monoisotopic (exact) mass is 225 g/mol. The maximum absolute atomic E-state index is 11.6. The summed E-state index contributed by atoms with van der Waals surface area (Å²) in [7, 11) is 0. The van der Waals surface area contributed by atoms with E-state index in [1.165, 1.54) is 32.1 Å². The fourth-order valence-electron chi connectivity index (χ4n) is 2.92. The maximum Gasteiger partial charge on any atom is 0.222 e. The minimum absolute atomic E-state index is 0.109. The topological polar surface area (TPSA) is 29.1 Å². The molecule has 0 spiro atoms. The molecule has 1 amide bonds. The molecule has 0 aromatic heterocycles. The number of nitrogens with one attached hydrogen (secondary N) is 1. The molecule has 1 N–H and O–H groups in total.